The summed E-state index contributed by atoms with van der Waals surface area (Å²) in [4.78, 5) is 0. The van der Waals surface area contributed by atoms with Gasteiger partial charge >= 0.3 is 0 Å². The second-order valence-corrected chi connectivity index (χ2v) is 2.92. The van der Waals surface area contributed by atoms with Crippen LogP contribution in [0.4, 0.5) is 0 Å². The minimum absolute atomic E-state index is 0.838. The van der Waals surface area contributed by atoms with E-state index in [2.05, 4.69) is 12.3 Å². The lowest BCUT2D eigenvalue weighted by molar-refractivity contribution is 0.318. The summed E-state index contributed by atoms with van der Waals surface area (Å²) < 4.78 is 5.37. The maximum atomic E-state index is 5.37. The molecule has 0 aliphatic rings. The van der Waals surface area contributed by atoms with Crippen molar-refractivity contribution >= 4 is 11.3 Å². The number of unbranched alkanes of at least 4 members (excludes halogenated alkanes) is 1. The number of thiophene rings is 1. The van der Waals surface area contributed by atoms with Gasteiger partial charge in [-0.2, -0.15) is 0 Å². The van der Waals surface area contributed by atoms with Crippen molar-refractivity contribution in [1.29, 1.82) is 0 Å². The van der Waals surface area contributed by atoms with Crippen LogP contribution in [0.3, 0.4) is 0 Å². The Bertz CT molecular complexity index is 158. The van der Waals surface area contributed by atoms with E-state index in [0.29, 0.717) is 0 Å². The number of ether oxygens (including phenoxy) is 1. The van der Waals surface area contributed by atoms with E-state index in [-0.39, 0.29) is 0 Å². The normalized spacial score (nSPS) is 9.70. The summed E-state index contributed by atoms with van der Waals surface area (Å²) in [6, 6.07) is 3.83. The van der Waals surface area contributed by atoms with Gasteiger partial charge in [-0.25, -0.2) is 0 Å². The summed E-state index contributed by atoms with van der Waals surface area (Å²) in [5.41, 5.74) is 0. The van der Waals surface area contributed by atoms with Crippen molar-refractivity contribution in [1.82, 2.24) is 0 Å². The average molecular weight is 155 g/mol. The molecule has 0 fully saturated rings. The highest BCUT2D eigenvalue weighted by molar-refractivity contribution is 7.11. The second-order valence-electron chi connectivity index (χ2n) is 2.07. The average Bonchev–Trinajstić information content (AvgIpc) is 2.41. The smallest absolute Gasteiger partial charge is 0.174 e. The van der Waals surface area contributed by atoms with Gasteiger partial charge in [0.05, 0.1) is 6.61 Å². The van der Waals surface area contributed by atoms with E-state index in [4.69, 9.17) is 4.74 Å². The van der Waals surface area contributed by atoms with Crippen LogP contribution < -0.4 is 4.74 Å². The van der Waals surface area contributed by atoms with Crippen LogP contribution in [0.1, 0.15) is 19.8 Å². The molecule has 0 unspecified atom stereocenters. The molecule has 1 aromatic heterocycles. The third-order valence-electron chi connectivity index (χ3n) is 1.19. The highest BCUT2D eigenvalue weighted by Crippen LogP contribution is 2.17. The van der Waals surface area contributed by atoms with Gasteiger partial charge in [-0.15, -0.1) is 0 Å². The Kier molecular flexibility index (Phi) is 3.30. The highest BCUT2D eigenvalue weighted by Gasteiger charge is 1.91. The van der Waals surface area contributed by atoms with Gasteiger partial charge in [0, 0.05) is 5.38 Å². The van der Waals surface area contributed by atoms with Gasteiger partial charge in [-0.1, -0.05) is 24.7 Å². The number of hydrogen-bond donors (Lipinski definition) is 0. The molecule has 0 bridgehead atoms. The first-order valence-corrected chi connectivity index (χ1v) is 4.34. The van der Waals surface area contributed by atoms with E-state index < -0.39 is 0 Å². The van der Waals surface area contributed by atoms with Crippen LogP contribution in [0.2, 0.25) is 0 Å². The zero-order chi connectivity index (χ0) is 7.23. The molecular weight excluding hydrogens is 144 g/mol. The fourth-order valence-electron chi connectivity index (χ4n) is 0.623. The third-order valence-corrected chi connectivity index (χ3v) is 1.90. The topological polar surface area (TPSA) is 9.23 Å². The maximum absolute atomic E-state index is 5.37. The van der Waals surface area contributed by atoms with Crippen LogP contribution in [0, 0.1) is 5.38 Å². The van der Waals surface area contributed by atoms with Crippen molar-refractivity contribution < 1.29 is 4.74 Å². The number of rotatable bonds is 4. The van der Waals surface area contributed by atoms with Crippen molar-refractivity contribution in [2.75, 3.05) is 6.61 Å². The van der Waals surface area contributed by atoms with E-state index >= 15 is 0 Å². The molecule has 1 nitrogen and oxygen atoms in total. The van der Waals surface area contributed by atoms with Crippen molar-refractivity contribution in [2.45, 2.75) is 19.8 Å². The molecule has 1 aromatic rings. The third kappa shape index (κ3) is 2.40. The summed E-state index contributed by atoms with van der Waals surface area (Å²) in [6.07, 6.45) is 2.33. The molecule has 10 heavy (non-hydrogen) atoms. The summed E-state index contributed by atoms with van der Waals surface area (Å²) >= 11 is 1.53. The molecule has 1 heterocycles. The molecular formula is C8H11OS. The molecule has 0 atom stereocenters. The molecule has 0 spiro atoms. The van der Waals surface area contributed by atoms with Crippen LogP contribution in [0.15, 0.2) is 12.1 Å². The summed E-state index contributed by atoms with van der Waals surface area (Å²) in [5.74, 6) is 0. The van der Waals surface area contributed by atoms with Crippen molar-refractivity contribution in [3.05, 3.63) is 17.5 Å². The van der Waals surface area contributed by atoms with Gasteiger partial charge in [0.25, 0.3) is 0 Å². The molecule has 2 heteroatoms. The first-order chi connectivity index (χ1) is 4.93. The van der Waals surface area contributed by atoms with Crippen molar-refractivity contribution in [3.8, 4) is 5.06 Å². The van der Waals surface area contributed by atoms with Crippen LogP contribution in [-0.4, -0.2) is 6.61 Å². The Morgan fingerprint density at radius 2 is 2.60 bits per heavy atom. The second kappa shape index (κ2) is 4.34. The molecule has 0 aliphatic heterocycles. The lowest BCUT2D eigenvalue weighted by Crippen LogP contribution is -1.93. The summed E-state index contributed by atoms with van der Waals surface area (Å²) in [7, 11) is 0. The highest BCUT2D eigenvalue weighted by atomic mass is 32.1. The van der Waals surface area contributed by atoms with Gasteiger partial charge < -0.3 is 4.74 Å². The molecule has 1 rings (SSSR count). The largest absolute Gasteiger partial charge is 0.484 e. The molecule has 0 saturated carbocycles. The Hall–Kier alpha value is -0.500. The molecule has 0 aromatic carbocycles. The van der Waals surface area contributed by atoms with Crippen LogP contribution in [0.5, 0.6) is 5.06 Å². The summed E-state index contributed by atoms with van der Waals surface area (Å²) in [6.45, 7) is 2.99. The van der Waals surface area contributed by atoms with E-state index in [9.17, 15) is 0 Å². The van der Waals surface area contributed by atoms with Crippen LogP contribution >= 0.6 is 11.3 Å². The maximum Gasteiger partial charge on any atom is 0.174 e. The molecule has 1 radical (unpaired) electrons. The van der Waals surface area contributed by atoms with Gasteiger partial charge in [-0.3, -0.25) is 0 Å². The SMILES string of the molecule is CCCCOc1cc[c]s1. The monoisotopic (exact) mass is 155 g/mol. The minimum Gasteiger partial charge on any atom is -0.484 e. The first-order valence-electron chi connectivity index (χ1n) is 3.52. The molecule has 0 amide bonds. The molecule has 0 aliphatic carbocycles. The standard InChI is InChI=1S/C8H11OS/c1-2-3-6-9-8-5-4-7-10-8/h4-5H,2-3,6H2,1H3. The van der Waals surface area contributed by atoms with E-state index in [1.54, 1.807) is 0 Å². The van der Waals surface area contributed by atoms with Gasteiger partial charge in [0.15, 0.2) is 5.06 Å². The Labute approximate surface area is 65.6 Å². The zero-order valence-electron chi connectivity index (χ0n) is 6.09. The van der Waals surface area contributed by atoms with Crippen molar-refractivity contribution in [2.24, 2.45) is 0 Å². The van der Waals surface area contributed by atoms with Gasteiger partial charge in [-0.05, 0) is 18.6 Å². The first kappa shape index (κ1) is 7.61. The van der Waals surface area contributed by atoms with Crippen LogP contribution in [0.25, 0.3) is 0 Å². The van der Waals surface area contributed by atoms with E-state index in [1.165, 1.54) is 17.8 Å². The predicted octanol–water partition coefficient (Wildman–Crippen LogP) is 2.73. The molecule has 0 N–H and O–H groups in total. The predicted molar refractivity (Wildman–Crippen MR) is 43.6 cm³/mol. The molecule has 0 saturated heterocycles. The Morgan fingerprint density at radius 3 is 3.20 bits per heavy atom. The molecule has 55 valence electrons. The van der Waals surface area contributed by atoms with Crippen LogP contribution in [-0.2, 0) is 0 Å². The lowest BCUT2D eigenvalue weighted by Gasteiger charge is -1.99. The van der Waals surface area contributed by atoms with E-state index in [0.717, 1.165) is 18.1 Å². The summed E-state index contributed by atoms with van der Waals surface area (Å²) in [5, 5.41) is 3.95. The zero-order valence-corrected chi connectivity index (χ0v) is 6.91. The quantitative estimate of drug-likeness (QED) is 0.607. The fourth-order valence-corrected chi connectivity index (χ4v) is 1.15. The van der Waals surface area contributed by atoms with Gasteiger partial charge in [0.1, 0.15) is 0 Å². The fraction of sp³-hybridized carbons (Fsp3) is 0.500. The Balaban J connectivity index is 2.15. The minimum atomic E-state index is 0.838. The Morgan fingerprint density at radius 1 is 1.70 bits per heavy atom. The lowest BCUT2D eigenvalue weighted by atomic mass is 10.4. The number of hydrogen-bond acceptors (Lipinski definition) is 2. The van der Waals surface area contributed by atoms with E-state index in [1.807, 2.05) is 12.1 Å². The van der Waals surface area contributed by atoms with Crippen molar-refractivity contribution in [3.63, 3.8) is 0 Å². The van der Waals surface area contributed by atoms with Gasteiger partial charge in [0.2, 0.25) is 0 Å².